The van der Waals surface area contributed by atoms with Crippen LogP contribution in [0, 0.1) is 0 Å². The Kier molecular flexibility index (Phi) is 7.93. The van der Waals surface area contributed by atoms with Gasteiger partial charge in [0.25, 0.3) is 5.56 Å². The van der Waals surface area contributed by atoms with Gasteiger partial charge in [0.1, 0.15) is 0 Å². The highest BCUT2D eigenvalue weighted by Crippen LogP contribution is 2.41. The number of rotatable bonds is 5. The monoisotopic (exact) mass is 539 g/mol. The highest BCUT2D eigenvalue weighted by molar-refractivity contribution is 5.96. The van der Waals surface area contributed by atoms with Crippen molar-refractivity contribution in [2.24, 2.45) is 0 Å². The average molecular weight is 540 g/mol. The van der Waals surface area contributed by atoms with E-state index < -0.39 is 0 Å². The maximum Gasteiger partial charge on any atom is 0.272 e. The number of nitrogens with zero attached hydrogens (tertiary/aromatic N) is 1. The van der Waals surface area contributed by atoms with E-state index in [4.69, 9.17) is 0 Å². The van der Waals surface area contributed by atoms with Gasteiger partial charge in [0.15, 0.2) is 0 Å². The summed E-state index contributed by atoms with van der Waals surface area (Å²) in [5.74, 6) is 0. The Hall–Kier alpha value is -4.28. The highest BCUT2D eigenvalue weighted by Gasteiger charge is 2.21. The van der Waals surface area contributed by atoms with E-state index in [0.717, 1.165) is 18.4 Å². The van der Waals surface area contributed by atoms with E-state index >= 15 is 0 Å². The lowest BCUT2D eigenvalue weighted by Crippen LogP contribution is -2.21. The second-order valence-electron chi connectivity index (χ2n) is 11.4. The normalized spacial score (nSPS) is 14.1. The summed E-state index contributed by atoms with van der Waals surface area (Å²) < 4.78 is 0. The molecule has 2 aliphatic carbocycles. The predicted octanol–water partition coefficient (Wildman–Crippen LogP) is 7.90. The van der Waals surface area contributed by atoms with Crippen molar-refractivity contribution >= 4 is 27.1 Å². The lowest BCUT2D eigenvalue weighted by Gasteiger charge is -2.26. The predicted molar refractivity (Wildman–Crippen MR) is 171 cm³/mol. The maximum absolute atomic E-state index is 11.1. The van der Waals surface area contributed by atoms with Gasteiger partial charge in [-0.25, -0.2) is 5.10 Å². The standard InChI is InChI=1S/C29H31N.C8H6N2O/c1-20(2)30-19-22-12-10-21(11-13-22)18-25-8-5-7-24-15-16-27-26-9-4-3-6-23(26)14-17-28(27)29(24)25;11-8-7-4-2-1-3-6(7)5-9-10-8/h4-5,7-13,15-16,20,30H,3,6,14,17-19H2,1-2H3;1-5H,(H,10,11). The number of aromatic amines is 1. The summed E-state index contributed by atoms with van der Waals surface area (Å²) in [5.41, 5.74) is 10.3. The third kappa shape index (κ3) is 5.94. The summed E-state index contributed by atoms with van der Waals surface area (Å²) in [4.78, 5) is 11.1. The molecule has 0 aliphatic heterocycles. The first-order valence-electron chi connectivity index (χ1n) is 14.7. The Morgan fingerprint density at radius 3 is 2.49 bits per heavy atom. The van der Waals surface area contributed by atoms with Crippen LogP contribution >= 0.6 is 0 Å². The molecule has 41 heavy (non-hydrogen) atoms. The molecule has 4 nitrogen and oxygen atoms in total. The molecule has 0 unspecified atom stereocenters. The molecule has 0 radical (unpaired) electrons. The third-order valence-corrected chi connectivity index (χ3v) is 8.19. The Morgan fingerprint density at radius 1 is 0.854 bits per heavy atom. The van der Waals surface area contributed by atoms with Crippen LogP contribution in [0.25, 0.3) is 27.1 Å². The number of fused-ring (bicyclic) bond motifs is 5. The molecule has 0 spiro atoms. The van der Waals surface area contributed by atoms with Gasteiger partial charge in [-0.15, -0.1) is 0 Å². The minimum atomic E-state index is -0.136. The number of H-pyrrole nitrogens is 1. The summed E-state index contributed by atoms with van der Waals surface area (Å²) in [5, 5.41) is 14.0. The SMILES string of the molecule is CC(C)NCc1ccc(Cc2cccc3ccc4c(c23)CCC2=C4C=CCC2)cc1.O=c1[nH]ncc2ccccc12. The van der Waals surface area contributed by atoms with Crippen LogP contribution in [-0.2, 0) is 19.4 Å². The molecule has 0 amide bonds. The van der Waals surface area contributed by atoms with Gasteiger partial charge in [0.05, 0.1) is 6.20 Å². The molecule has 0 atom stereocenters. The minimum absolute atomic E-state index is 0.136. The van der Waals surface area contributed by atoms with Gasteiger partial charge < -0.3 is 5.32 Å². The molecule has 4 heteroatoms. The molecule has 0 saturated heterocycles. The van der Waals surface area contributed by atoms with E-state index in [2.05, 4.69) is 96.1 Å². The average Bonchev–Trinajstić information content (AvgIpc) is 3.01. The topological polar surface area (TPSA) is 57.8 Å². The van der Waals surface area contributed by atoms with E-state index in [9.17, 15) is 4.79 Å². The van der Waals surface area contributed by atoms with Crippen LogP contribution < -0.4 is 10.9 Å². The number of benzene rings is 4. The van der Waals surface area contributed by atoms with Gasteiger partial charge in [0, 0.05) is 23.4 Å². The molecule has 206 valence electrons. The summed E-state index contributed by atoms with van der Waals surface area (Å²) in [6.07, 6.45) is 12.2. The number of hydrogen-bond donors (Lipinski definition) is 2. The highest BCUT2D eigenvalue weighted by atomic mass is 16.1. The molecule has 0 saturated carbocycles. The van der Waals surface area contributed by atoms with Crippen LogP contribution in [0.1, 0.15) is 60.9 Å². The Labute approximate surface area is 241 Å². The Morgan fingerprint density at radius 2 is 1.66 bits per heavy atom. The first kappa shape index (κ1) is 26.9. The first-order valence-corrected chi connectivity index (χ1v) is 14.7. The fourth-order valence-corrected chi connectivity index (χ4v) is 6.08. The van der Waals surface area contributed by atoms with E-state index in [-0.39, 0.29) is 5.56 Å². The van der Waals surface area contributed by atoms with Crippen LogP contribution in [0.15, 0.2) is 108 Å². The van der Waals surface area contributed by atoms with Gasteiger partial charge >= 0.3 is 0 Å². The molecule has 2 aliphatic rings. The third-order valence-electron chi connectivity index (χ3n) is 8.19. The Balaban J connectivity index is 0.000000229. The van der Waals surface area contributed by atoms with Gasteiger partial charge in [-0.3, -0.25) is 4.79 Å². The van der Waals surface area contributed by atoms with E-state index in [1.165, 1.54) is 64.3 Å². The van der Waals surface area contributed by atoms with Crippen LogP contribution in [0.3, 0.4) is 0 Å². The minimum Gasteiger partial charge on any atom is -0.310 e. The second kappa shape index (κ2) is 12.1. The fraction of sp³-hybridized carbons (Fsp3) is 0.243. The number of aryl methyl sites for hydroxylation is 1. The number of hydrogen-bond acceptors (Lipinski definition) is 3. The fourth-order valence-electron chi connectivity index (χ4n) is 6.08. The lowest BCUT2D eigenvalue weighted by molar-refractivity contribution is 0.589. The van der Waals surface area contributed by atoms with Gasteiger partial charge in [-0.1, -0.05) is 104 Å². The van der Waals surface area contributed by atoms with Gasteiger partial charge in [-0.05, 0) is 82.3 Å². The van der Waals surface area contributed by atoms with E-state index in [1.54, 1.807) is 23.4 Å². The maximum atomic E-state index is 11.1. The summed E-state index contributed by atoms with van der Waals surface area (Å²) in [6.45, 7) is 5.32. The van der Waals surface area contributed by atoms with Crippen molar-refractivity contribution in [3.63, 3.8) is 0 Å². The van der Waals surface area contributed by atoms with Crippen molar-refractivity contribution in [3.05, 3.63) is 141 Å². The molecule has 0 bridgehead atoms. The van der Waals surface area contributed by atoms with Crippen molar-refractivity contribution < 1.29 is 0 Å². The molecule has 7 rings (SSSR count). The summed E-state index contributed by atoms with van der Waals surface area (Å²) >= 11 is 0. The largest absolute Gasteiger partial charge is 0.310 e. The smallest absolute Gasteiger partial charge is 0.272 e. The zero-order valence-corrected chi connectivity index (χ0v) is 23.9. The lowest BCUT2D eigenvalue weighted by atomic mass is 9.78. The zero-order valence-electron chi connectivity index (χ0n) is 23.9. The molecule has 1 aromatic heterocycles. The molecular weight excluding hydrogens is 502 g/mol. The van der Waals surface area contributed by atoms with E-state index in [1.807, 2.05) is 18.2 Å². The van der Waals surface area contributed by atoms with Crippen molar-refractivity contribution in [3.8, 4) is 0 Å². The number of aromatic nitrogens is 2. The molecule has 4 aromatic carbocycles. The van der Waals surface area contributed by atoms with Crippen LogP contribution in [-0.4, -0.2) is 16.2 Å². The molecule has 0 fully saturated rings. The van der Waals surface area contributed by atoms with Crippen molar-refractivity contribution in [2.45, 2.75) is 58.5 Å². The molecule has 5 aromatic rings. The first-order chi connectivity index (χ1) is 20.1. The summed E-state index contributed by atoms with van der Waals surface area (Å²) in [6, 6.07) is 28.5. The zero-order chi connectivity index (χ0) is 28.2. The molecular formula is C37H37N3O. The van der Waals surface area contributed by atoms with Crippen molar-refractivity contribution in [1.82, 2.24) is 15.5 Å². The number of nitrogens with one attached hydrogen (secondary N) is 2. The van der Waals surface area contributed by atoms with Crippen molar-refractivity contribution in [1.29, 1.82) is 0 Å². The van der Waals surface area contributed by atoms with Crippen LogP contribution in [0.5, 0.6) is 0 Å². The van der Waals surface area contributed by atoms with Gasteiger partial charge in [-0.2, -0.15) is 5.10 Å². The van der Waals surface area contributed by atoms with Crippen LogP contribution in [0.4, 0.5) is 0 Å². The quantitative estimate of drug-likeness (QED) is 0.239. The van der Waals surface area contributed by atoms with Gasteiger partial charge in [0.2, 0.25) is 0 Å². The molecule has 1 heterocycles. The second-order valence-corrected chi connectivity index (χ2v) is 11.4. The van der Waals surface area contributed by atoms with E-state index in [0.29, 0.717) is 11.4 Å². The Bertz CT molecular complexity index is 1800. The molecule has 2 N–H and O–H groups in total. The summed E-state index contributed by atoms with van der Waals surface area (Å²) in [7, 11) is 0. The van der Waals surface area contributed by atoms with Crippen molar-refractivity contribution in [2.75, 3.05) is 0 Å². The number of allylic oxidation sites excluding steroid dienone is 4. The van der Waals surface area contributed by atoms with Crippen LogP contribution in [0.2, 0.25) is 0 Å².